The smallest absolute Gasteiger partial charge is 0.306 e. The van der Waals surface area contributed by atoms with E-state index in [0.717, 1.165) is 5.56 Å². The first-order valence-electron chi connectivity index (χ1n) is 11.4. The summed E-state index contributed by atoms with van der Waals surface area (Å²) in [5, 5.41) is 2.75. The summed E-state index contributed by atoms with van der Waals surface area (Å²) in [6.45, 7) is 7.17. The highest BCUT2D eigenvalue weighted by molar-refractivity contribution is 7.89. The molecule has 1 aliphatic heterocycles. The molecule has 0 bridgehead atoms. The Kier molecular flexibility index (Phi) is 8.82. The van der Waals surface area contributed by atoms with Gasteiger partial charge in [0.15, 0.2) is 6.10 Å². The molecule has 0 saturated carbocycles. The van der Waals surface area contributed by atoms with Gasteiger partial charge in [0.05, 0.1) is 18.1 Å². The number of benzene rings is 2. The first-order chi connectivity index (χ1) is 16.2. The lowest BCUT2D eigenvalue weighted by molar-refractivity contribution is -0.153. The fourth-order valence-corrected chi connectivity index (χ4v) is 4.92. The predicted octanol–water partition coefficient (Wildman–Crippen LogP) is 3.33. The van der Waals surface area contributed by atoms with Gasteiger partial charge in [-0.25, -0.2) is 8.42 Å². The van der Waals surface area contributed by atoms with Crippen molar-refractivity contribution in [3.05, 3.63) is 59.7 Å². The normalized spacial score (nSPS) is 15.6. The van der Waals surface area contributed by atoms with Gasteiger partial charge >= 0.3 is 5.97 Å². The zero-order chi connectivity index (χ0) is 24.7. The number of hydrogen-bond acceptors (Lipinski definition) is 6. The molecule has 1 unspecified atom stereocenters. The zero-order valence-corrected chi connectivity index (χ0v) is 20.6. The second kappa shape index (κ2) is 11.6. The van der Waals surface area contributed by atoms with Crippen molar-refractivity contribution in [3.63, 3.8) is 0 Å². The number of morpholine rings is 1. The summed E-state index contributed by atoms with van der Waals surface area (Å²) in [6, 6.07) is 14.0. The third-order valence-electron chi connectivity index (χ3n) is 5.67. The topological polar surface area (TPSA) is 102 Å². The molecule has 2 aromatic carbocycles. The van der Waals surface area contributed by atoms with Gasteiger partial charge in [-0.2, -0.15) is 4.31 Å². The van der Waals surface area contributed by atoms with Crippen molar-refractivity contribution < 1.29 is 27.5 Å². The SMILES string of the molecule is CC(OC(=O)CCc1ccc(S(=O)(=O)N2CCOCC2)cc1)C(=O)Nc1ccc(C(C)C)cc1. The van der Waals surface area contributed by atoms with E-state index in [1.54, 1.807) is 24.3 Å². The fourth-order valence-electron chi connectivity index (χ4n) is 3.52. The number of amides is 1. The van der Waals surface area contributed by atoms with E-state index in [0.29, 0.717) is 44.3 Å². The van der Waals surface area contributed by atoms with Gasteiger partial charge in [0.1, 0.15) is 0 Å². The predicted molar refractivity (Wildman–Crippen MR) is 129 cm³/mol. The van der Waals surface area contributed by atoms with Crippen LogP contribution in [0.3, 0.4) is 0 Å². The highest BCUT2D eigenvalue weighted by atomic mass is 32.2. The van der Waals surface area contributed by atoms with Crippen LogP contribution >= 0.6 is 0 Å². The van der Waals surface area contributed by atoms with Crippen molar-refractivity contribution in [2.24, 2.45) is 0 Å². The molecule has 1 amide bonds. The molecule has 1 atom stereocenters. The lowest BCUT2D eigenvalue weighted by Crippen LogP contribution is -2.40. The third kappa shape index (κ3) is 6.88. The number of anilines is 1. The Morgan fingerprint density at radius 2 is 1.62 bits per heavy atom. The van der Waals surface area contributed by atoms with Crippen molar-refractivity contribution in [1.82, 2.24) is 4.31 Å². The fraction of sp³-hybridized carbons (Fsp3) is 0.440. The van der Waals surface area contributed by atoms with E-state index < -0.39 is 28.0 Å². The minimum Gasteiger partial charge on any atom is -0.453 e. The van der Waals surface area contributed by atoms with Gasteiger partial charge in [-0.1, -0.05) is 38.1 Å². The average molecular weight is 489 g/mol. The molecular formula is C25H32N2O6S. The van der Waals surface area contributed by atoms with Crippen LogP contribution in [-0.4, -0.2) is 57.0 Å². The lowest BCUT2D eigenvalue weighted by Gasteiger charge is -2.26. The second-order valence-corrected chi connectivity index (χ2v) is 10.5. The van der Waals surface area contributed by atoms with Crippen LogP contribution in [0.2, 0.25) is 0 Å². The number of sulfonamides is 1. The molecule has 9 heteroatoms. The number of esters is 1. The monoisotopic (exact) mass is 488 g/mol. The molecule has 1 fully saturated rings. The molecule has 8 nitrogen and oxygen atoms in total. The van der Waals surface area contributed by atoms with E-state index in [-0.39, 0.29) is 11.3 Å². The van der Waals surface area contributed by atoms with Crippen LogP contribution in [0.4, 0.5) is 5.69 Å². The maximum absolute atomic E-state index is 12.7. The number of ether oxygens (including phenoxy) is 2. The minimum absolute atomic E-state index is 0.0796. The quantitative estimate of drug-likeness (QED) is 0.543. The Labute approximate surface area is 201 Å². The van der Waals surface area contributed by atoms with Crippen LogP contribution in [0.15, 0.2) is 53.4 Å². The van der Waals surface area contributed by atoms with Gasteiger partial charge in [-0.15, -0.1) is 0 Å². The maximum atomic E-state index is 12.7. The van der Waals surface area contributed by atoms with Crippen LogP contribution in [-0.2, 0) is 35.5 Å². The molecular weight excluding hydrogens is 456 g/mol. The highest BCUT2D eigenvalue weighted by Gasteiger charge is 2.26. The molecule has 0 aliphatic carbocycles. The Morgan fingerprint density at radius 1 is 1.00 bits per heavy atom. The summed E-state index contributed by atoms with van der Waals surface area (Å²) in [5.74, 6) is -0.499. The standard InChI is InChI=1S/C25H32N2O6S/c1-18(2)21-7-9-22(10-8-21)26-25(29)19(3)33-24(28)13-6-20-4-11-23(12-5-20)34(30,31)27-14-16-32-17-15-27/h4-5,7-12,18-19H,6,13-17H2,1-3H3,(H,26,29). The van der Waals surface area contributed by atoms with Crippen LogP contribution in [0.25, 0.3) is 0 Å². The van der Waals surface area contributed by atoms with E-state index in [4.69, 9.17) is 9.47 Å². The lowest BCUT2D eigenvalue weighted by atomic mass is 10.0. The van der Waals surface area contributed by atoms with Crippen LogP contribution in [0.5, 0.6) is 0 Å². The molecule has 1 saturated heterocycles. The average Bonchev–Trinajstić information content (AvgIpc) is 2.84. The molecule has 0 spiro atoms. The zero-order valence-electron chi connectivity index (χ0n) is 19.8. The Bertz CT molecular complexity index is 1080. The molecule has 0 radical (unpaired) electrons. The highest BCUT2D eigenvalue weighted by Crippen LogP contribution is 2.19. The van der Waals surface area contributed by atoms with Gasteiger partial charge in [0.2, 0.25) is 10.0 Å². The number of carbonyl (C=O) groups is 2. The van der Waals surface area contributed by atoms with E-state index >= 15 is 0 Å². The van der Waals surface area contributed by atoms with Crippen LogP contribution < -0.4 is 5.32 Å². The molecule has 34 heavy (non-hydrogen) atoms. The summed E-state index contributed by atoms with van der Waals surface area (Å²) >= 11 is 0. The maximum Gasteiger partial charge on any atom is 0.306 e. The Hall–Kier alpha value is -2.75. The number of nitrogens with one attached hydrogen (secondary N) is 1. The van der Waals surface area contributed by atoms with Gasteiger partial charge in [-0.05, 0) is 54.7 Å². The first kappa shape index (κ1) is 25.9. The number of rotatable bonds is 9. The molecule has 1 heterocycles. The van der Waals surface area contributed by atoms with Crippen LogP contribution in [0, 0.1) is 0 Å². The molecule has 1 N–H and O–H groups in total. The first-order valence-corrected chi connectivity index (χ1v) is 12.9. The molecule has 184 valence electrons. The van der Waals surface area contributed by atoms with E-state index in [1.165, 1.54) is 16.8 Å². The summed E-state index contributed by atoms with van der Waals surface area (Å²) < 4.78 is 37.3. The van der Waals surface area contributed by atoms with Crippen molar-refractivity contribution in [2.75, 3.05) is 31.6 Å². The van der Waals surface area contributed by atoms with Gasteiger partial charge in [0.25, 0.3) is 5.91 Å². The molecule has 2 aromatic rings. The van der Waals surface area contributed by atoms with Crippen molar-refractivity contribution in [2.45, 2.75) is 50.5 Å². The van der Waals surface area contributed by atoms with Crippen LogP contribution in [0.1, 0.15) is 44.2 Å². The molecule has 0 aromatic heterocycles. The van der Waals surface area contributed by atoms with Gasteiger partial charge < -0.3 is 14.8 Å². The largest absolute Gasteiger partial charge is 0.453 e. The summed E-state index contributed by atoms with van der Waals surface area (Å²) in [7, 11) is -3.55. The summed E-state index contributed by atoms with van der Waals surface area (Å²) in [5.41, 5.74) is 2.62. The molecule has 3 rings (SSSR count). The van der Waals surface area contributed by atoms with Crippen molar-refractivity contribution >= 4 is 27.6 Å². The van der Waals surface area contributed by atoms with Gasteiger partial charge in [0, 0.05) is 25.2 Å². The van der Waals surface area contributed by atoms with E-state index in [2.05, 4.69) is 19.2 Å². The number of hydrogen-bond donors (Lipinski definition) is 1. The van der Waals surface area contributed by atoms with Crippen molar-refractivity contribution in [3.8, 4) is 0 Å². The Morgan fingerprint density at radius 3 is 2.21 bits per heavy atom. The van der Waals surface area contributed by atoms with Gasteiger partial charge in [-0.3, -0.25) is 9.59 Å². The summed E-state index contributed by atoms with van der Waals surface area (Å²) in [6.07, 6.45) is -0.476. The van der Waals surface area contributed by atoms with Crippen molar-refractivity contribution in [1.29, 1.82) is 0 Å². The number of aryl methyl sites for hydroxylation is 1. The molecule has 1 aliphatic rings. The second-order valence-electron chi connectivity index (χ2n) is 8.56. The van der Waals surface area contributed by atoms with E-state index in [1.807, 2.05) is 24.3 Å². The van der Waals surface area contributed by atoms with E-state index in [9.17, 15) is 18.0 Å². The number of nitrogens with zero attached hydrogens (tertiary/aromatic N) is 1. The summed E-state index contributed by atoms with van der Waals surface area (Å²) in [4.78, 5) is 24.8. The number of carbonyl (C=O) groups excluding carboxylic acids is 2. The Balaban J connectivity index is 1.47. The minimum atomic E-state index is -3.55. The third-order valence-corrected chi connectivity index (χ3v) is 7.58.